The quantitative estimate of drug-likeness (QED) is 0.843. The number of benzene rings is 1. The maximum atomic E-state index is 12.6. The van der Waals surface area contributed by atoms with Crippen molar-refractivity contribution in [3.05, 3.63) is 28.8 Å². The molecule has 1 amide bonds. The summed E-state index contributed by atoms with van der Waals surface area (Å²) in [5, 5.41) is 0.271. The van der Waals surface area contributed by atoms with Gasteiger partial charge in [-0.05, 0) is 31.0 Å². The topological polar surface area (TPSA) is 57.7 Å². The molecule has 1 aliphatic carbocycles. The van der Waals surface area contributed by atoms with E-state index in [9.17, 15) is 13.2 Å². The summed E-state index contributed by atoms with van der Waals surface area (Å²) in [4.78, 5) is 14.4. The number of carbonyl (C=O) groups is 1. The van der Waals surface area contributed by atoms with Crippen molar-refractivity contribution in [1.29, 1.82) is 0 Å². The zero-order chi connectivity index (χ0) is 16.5. The van der Waals surface area contributed by atoms with Crippen LogP contribution >= 0.6 is 11.6 Å². The largest absolute Gasteiger partial charge is 0.339 e. The Balaban J connectivity index is 2.36. The van der Waals surface area contributed by atoms with Crippen molar-refractivity contribution < 1.29 is 13.2 Å². The molecule has 1 aromatic rings. The Morgan fingerprint density at radius 2 is 1.77 bits per heavy atom. The predicted molar refractivity (Wildman–Crippen MR) is 86.7 cm³/mol. The standard InChI is InChI=1S/C15H21ClN2O3S/c1-17(2)22(20,21)12-8-9-14(16)13(10-12)15(19)18(3)11-6-4-5-7-11/h8-11H,4-7H2,1-3H3. The Kier molecular flexibility index (Phi) is 5.14. The first-order valence-electron chi connectivity index (χ1n) is 7.24. The van der Waals surface area contributed by atoms with Gasteiger partial charge in [0.05, 0.1) is 15.5 Å². The van der Waals surface area contributed by atoms with Gasteiger partial charge in [0.15, 0.2) is 0 Å². The van der Waals surface area contributed by atoms with Crippen LogP contribution in [0, 0.1) is 0 Å². The minimum atomic E-state index is -3.59. The smallest absolute Gasteiger partial charge is 0.255 e. The zero-order valence-corrected chi connectivity index (χ0v) is 14.6. The van der Waals surface area contributed by atoms with Crippen LogP contribution in [0.15, 0.2) is 23.1 Å². The molecule has 1 aliphatic rings. The molecule has 0 atom stereocenters. The highest BCUT2D eigenvalue weighted by Crippen LogP contribution is 2.27. The van der Waals surface area contributed by atoms with Crippen LogP contribution in [0.25, 0.3) is 0 Å². The highest BCUT2D eigenvalue weighted by molar-refractivity contribution is 7.89. The number of rotatable bonds is 4. The Morgan fingerprint density at radius 1 is 1.18 bits per heavy atom. The lowest BCUT2D eigenvalue weighted by Crippen LogP contribution is -2.35. The third-order valence-electron chi connectivity index (χ3n) is 4.14. The second-order valence-corrected chi connectivity index (χ2v) is 8.34. The first-order chi connectivity index (χ1) is 10.2. The van der Waals surface area contributed by atoms with Crippen molar-refractivity contribution in [3.63, 3.8) is 0 Å². The van der Waals surface area contributed by atoms with Gasteiger partial charge in [-0.1, -0.05) is 24.4 Å². The minimum absolute atomic E-state index is 0.0741. The van der Waals surface area contributed by atoms with E-state index >= 15 is 0 Å². The molecule has 0 aliphatic heterocycles. The van der Waals surface area contributed by atoms with Crippen LogP contribution in [0.2, 0.25) is 5.02 Å². The van der Waals surface area contributed by atoms with Crippen molar-refractivity contribution in [1.82, 2.24) is 9.21 Å². The number of hydrogen-bond donors (Lipinski definition) is 0. The molecular weight excluding hydrogens is 324 g/mol. The van der Waals surface area contributed by atoms with E-state index in [2.05, 4.69) is 0 Å². The summed E-state index contributed by atoms with van der Waals surface area (Å²) in [6, 6.07) is 4.46. The Morgan fingerprint density at radius 3 is 2.32 bits per heavy atom. The lowest BCUT2D eigenvalue weighted by atomic mass is 10.1. The number of nitrogens with zero attached hydrogens (tertiary/aromatic N) is 2. The molecule has 22 heavy (non-hydrogen) atoms. The van der Waals surface area contributed by atoms with Gasteiger partial charge in [-0.25, -0.2) is 12.7 Å². The van der Waals surface area contributed by atoms with E-state index in [0.29, 0.717) is 0 Å². The third-order valence-corrected chi connectivity index (χ3v) is 6.28. The molecule has 5 nitrogen and oxygen atoms in total. The molecule has 0 saturated heterocycles. The van der Waals surface area contributed by atoms with Crippen LogP contribution in [-0.2, 0) is 10.0 Å². The summed E-state index contributed by atoms with van der Waals surface area (Å²) in [6.07, 6.45) is 4.20. The average Bonchev–Trinajstić information content (AvgIpc) is 3.00. The van der Waals surface area contributed by atoms with Crippen LogP contribution < -0.4 is 0 Å². The van der Waals surface area contributed by atoms with Crippen molar-refractivity contribution in [3.8, 4) is 0 Å². The summed E-state index contributed by atoms with van der Waals surface area (Å²) < 4.78 is 25.5. The van der Waals surface area contributed by atoms with E-state index < -0.39 is 10.0 Å². The van der Waals surface area contributed by atoms with Crippen LogP contribution in [0.4, 0.5) is 0 Å². The van der Waals surface area contributed by atoms with Crippen molar-refractivity contribution in [2.45, 2.75) is 36.6 Å². The van der Waals surface area contributed by atoms with Crippen molar-refractivity contribution >= 4 is 27.5 Å². The molecule has 1 saturated carbocycles. The summed E-state index contributed by atoms with van der Waals surface area (Å²) in [5.74, 6) is -0.229. The predicted octanol–water partition coefficient (Wildman–Crippen LogP) is 2.60. The van der Waals surface area contributed by atoms with Gasteiger partial charge in [0.2, 0.25) is 10.0 Å². The summed E-state index contributed by atoms with van der Waals surface area (Å²) in [7, 11) is 1.07. The fourth-order valence-corrected chi connectivity index (χ4v) is 3.81. The van der Waals surface area contributed by atoms with E-state index in [1.54, 1.807) is 11.9 Å². The molecule has 0 spiro atoms. The van der Waals surface area contributed by atoms with Crippen molar-refractivity contribution in [2.24, 2.45) is 0 Å². The van der Waals surface area contributed by atoms with Gasteiger partial charge in [0, 0.05) is 27.2 Å². The van der Waals surface area contributed by atoms with E-state index in [0.717, 1.165) is 30.0 Å². The normalized spacial score (nSPS) is 16.2. The first kappa shape index (κ1) is 17.2. The van der Waals surface area contributed by atoms with E-state index in [1.165, 1.54) is 32.3 Å². The number of halogens is 1. The molecule has 0 unspecified atom stereocenters. The first-order valence-corrected chi connectivity index (χ1v) is 9.06. The van der Waals surface area contributed by atoms with Gasteiger partial charge in [0.1, 0.15) is 0 Å². The molecule has 1 fully saturated rings. The van der Waals surface area contributed by atoms with Gasteiger partial charge < -0.3 is 4.90 Å². The van der Waals surface area contributed by atoms with Gasteiger partial charge in [-0.15, -0.1) is 0 Å². The fraction of sp³-hybridized carbons (Fsp3) is 0.533. The molecule has 0 heterocycles. The van der Waals surface area contributed by atoms with Crippen molar-refractivity contribution in [2.75, 3.05) is 21.1 Å². The Labute approximate surface area is 136 Å². The number of amides is 1. The van der Waals surface area contributed by atoms with Gasteiger partial charge in [-0.3, -0.25) is 4.79 Å². The van der Waals surface area contributed by atoms with E-state index in [4.69, 9.17) is 11.6 Å². The van der Waals surface area contributed by atoms with Gasteiger partial charge in [0.25, 0.3) is 5.91 Å². The van der Waals surface area contributed by atoms with Gasteiger partial charge >= 0.3 is 0 Å². The monoisotopic (exact) mass is 344 g/mol. The molecule has 122 valence electrons. The number of carbonyl (C=O) groups excluding carboxylic acids is 1. The lowest BCUT2D eigenvalue weighted by molar-refractivity contribution is 0.0735. The molecule has 7 heteroatoms. The maximum Gasteiger partial charge on any atom is 0.255 e. The molecule has 0 aromatic heterocycles. The molecule has 2 rings (SSSR count). The van der Waals surface area contributed by atoms with Crippen LogP contribution in [0.3, 0.4) is 0 Å². The minimum Gasteiger partial charge on any atom is -0.339 e. The van der Waals surface area contributed by atoms with Crippen LogP contribution in [0.5, 0.6) is 0 Å². The summed E-state index contributed by atoms with van der Waals surface area (Å²) in [5.41, 5.74) is 0.235. The number of hydrogen-bond acceptors (Lipinski definition) is 3. The highest BCUT2D eigenvalue weighted by atomic mass is 35.5. The average molecular weight is 345 g/mol. The zero-order valence-electron chi connectivity index (χ0n) is 13.0. The maximum absolute atomic E-state index is 12.6. The highest BCUT2D eigenvalue weighted by Gasteiger charge is 2.27. The molecule has 0 N–H and O–H groups in total. The Bertz CT molecular complexity index is 667. The third kappa shape index (κ3) is 3.29. The molecular formula is C15H21ClN2O3S. The van der Waals surface area contributed by atoms with Gasteiger partial charge in [-0.2, -0.15) is 0 Å². The Hall–Kier alpha value is -1.11. The lowest BCUT2D eigenvalue weighted by Gasteiger charge is -2.25. The number of sulfonamides is 1. The van der Waals surface area contributed by atoms with E-state index in [-0.39, 0.29) is 27.4 Å². The second kappa shape index (κ2) is 6.56. The molecule has 0 radical (unpaired) electrons. The van der Waals surface area contributed by atoms with Crippen LogP contribution in [-0.4, -0.2) is 50.7 Å². The summed E-state index contributed by atoms with van der Waals surface area (Å²) in [6.45, 7) is 0. The van der Waals surface area contributed by atoms with E-state index in [1.807, 2.05) is 0 Å². The molecule has 0 bridgehead atoms. The summed E-state index contributed by atoms with van der Waals surface area (Å²) >= 11 is 6.12. The van der Waals surface area contributed by atoms with Crippen LogP contribution in [0.1, 0.15) is 36.0 Å². The second-order valence-electron chi connectivity index (χ2n) is 5.78. The fourth-order valence-electron chi connectivity index (χ4n) is 2.69. The SMILES string of the molecule is CN(C(=O)c1cc(S(=O)(=O)N(C)C)ccc1Cl)C1CCCC1. The molecule has 1 aromatic carbocycles.